The summed E-state index contributed by atoms with van der Waals surface area (Å²) in [6.07, 6.45) is 9.65. The maximum atomic E-state index is 14.9. The highest BCUT2D eigenvalue weighted by Crippen LogP contribution is 2.46. The molecule has 2 aliphatic carbocycles. The molecule has 4 aliphatic rings. The maximum absolute atomic E-state index is 14.9. The van der Waals surface area contributed by atoms with Crippen LogP contribution in [0, 0.1) is 11.7 Å². The van der Waals surface area contributed by atoms with Gasteiger partial charge in [0.1, 0.15) is 29.5 Å². The SMILES string of the molecule is O=C1N[C@@]2(C(=O)NS(=O)(=O)C3CC3)C[C@@H]2/C=C\CCCCC[C@H](Nc2ncc(-c3ccc(F)cc3)s2)C(=O)N2C[C@H](Oc3nc(-c4ccccc4)nc4ccccc34)C[C@@H]12. The predicted octanol–water partition coefficient (Wildman–Crippen LogP) is 6.39. The summed E-state index contributed by atoms with van der Waals surface area (Å²) in [6.45, 7) is 0.0331. The van der Waals surface area contributed by atoms with Gasteiger partial charge in [-0.3, -0.25) is 19.1 Å². The number of amides is 3. The van der Waals surface area contributed by atoms with E-state index in [1.807, 2.05) is 66.7 Å². The number of allylic oxidation sites excluding steroid dienone is 1. The van der Waals surface area contributed by atoms with Crippen LogP contribution in [0.3, 0.4) is 0 Å². The largest absolute Gasteiger partial charge is 0.472 e. The van der Waals surface area contributed by atoms with Crippen molar-refractivity contribution in [2.75, 3.05) is 11.9 Å². The lowest BCUT2D eigenvalue weighted by Crippen LogP contribution is -2.57. The molecule has 1 saturated heterocycles. The Kier molecular flexibility index (Phi) is 10.8. The van der Waals surface area contributed by atoms with Crippen LogP contribution in [0.2, 0.25) is 0 Å². The highest BCUT2D eigenvalue weighted by molar-refractivity contribution is 7.91. The van der Waals surface area contributed by atoms with Crippen LogP contribution in [0.5, 0.6) is 5.88 Å². The van der Waals surface area contributed by atoms with Gasteiger partial charge in [0.2, 0.25) is 27.7 Å². The summed E-state index contributed by atoms with van der Waals surface area (Å²) in [5.41, 5.74) is 0.749. The first-order chi connectivity index (χ1) is 29.1. The van der Waals surface area contributed by atoms with E-state index < -0.39 is 56.7 Å². The lowest BCUT2D eigenvalue weighted by atomic mass is 10.1. The fourth-order valence-electron chi connectivity index (χ4n) is 8.10. The van der Waals surface area contributed by atoms with Gasteiger partial charge in [0.15, 0.2) is 11.0 Å². The average Bonchev–Trinajstić information content (AvgIpc) is 4.14. The highest BCUT2D eigenvalue weighted by atomic mass is 32.2. The number of halogens is 1. The van der Waals surface area contributed by atoms with Crippen LogP contribution in [0.25, 0.3) is 32.7 Å². The summed E-state index contributed by atoms with van der Waals surface area (Å²) in [6, 6.07) is 21.3. The third kappa shape index (κ3) is 8.35. The number of carbonyl (C=O) groups is 3. The van der Waals surface area contributed by atoms with Gasteiger partial charge < -0.3 is 20.3 Å². The fraction of sp³-hybridized carbons (Fsp3) is 0.364. The molecule has 3 aromatic carbocycles. The van der Waals surface area contributed by atoms with E-state index in [2.05, 4.69) is 20.3 Å². The molecule has 5 atom stereocenters. The number of nitrogens with one attached hydrogen (secondary N) is 3. The smallest absolute Gasteiger partial charge is 0.259 e. The zero-order valence-electron chi connectivity index (χ0n) is 32.6. The summed E-state index contributed by atoms with van der Waals surface area (Å²) in [5, 5.41) is 6.84. The second kappa shape index (κ2) is 16.4. The maximum Gasteiger partial charge on any atom is 0.259 e. The molecule has 0 radical (unpaired) electrons. The number of hydrogen-bond acceptors (Lipinski definition) is 11. The second-order valence-corrected chi connectivity index (χ2v) is 19.0. The number of carbonyl (C=O) groups excluding carboxylic acids is 3. The molecule has 3 fully saturated rings. The molecule has 3 amide bonds. The highest BCUT2D eigenvalue weighted by Gasteiger charge is 2.62. The Balaban J connectivity index is 1.04. The average molecular weight is 850 g/mol. The van der Waals surface area contributed by atoms with Crippen molar-refractivity contribution in [3.05, 3.63) is 103 Å². The van der Waals surface area contributed by atoms with Crippen LogP contribution in [-0.4, -0.2) is 81.5 Å². The Morgan fingerprint density at radius 2 is 1.72 bits per heavy atom. The van der Waals surface area contributed by atoms with Crippen molar-refractivity contribution in [1.82, 2.24) is 29.9 Å². The van der Waals surface area contributed by atoms with Crippen molar-refractivity contribution >= 4 is 55.1 Å². The zero-order valence-corrected chi connectivity index (χ0v) is 34.3. The van der Waals surface area contributed by atoms with Crippen molar-refractivity contribution in [3.8, 4) is 27.7 Å². The number of anilines is 1. The van der Waals surface area contributed by atoms with E-state index in [-0.39, 0.29) is 31.1 Å². The van der Waals surface area contributed by atoms with Crippen molar-refractivity contribution in [2.45, 2.75) is 86.8 Å². The number of fused-ring (bicyclic) bond motifs is 3. The molecule has 2 aromatic heterocycles. The van der Waals surface area contributed by atoms with Crippen molar-refractivity contribution < 1.29 is 31.9 Å². The van der Waals surface area contributed by atoms with Crippen LogP contribution in [0.15, 0.2) is 97.2 Å². The van der Waals surface area contributed by atoms with Gasteiger partial charge >= 0.3 is 0 Å². The number of hydrogen-bond donors (Lipinski definition) is 3. The molecule has 0 spiro atoms. The van der Waals surface area contributed by atoms with Crippen molar-refractivity contribution in [3.63, 3.8) is 0 Å². The minimum absolute atomic E-state index is 0.0331. The number of thiazole rings is 1. The number of aromatic nitrogens is 3. The van der Waals surface area contributed by atoms with Gasteiger partial charge in [0.25, 0.3) is 5.91 Å². The van der Waals surface area contributed by atoms with E-state index >= 15 is 0 Å². The predicted molar refractivity (Wildman–Crippen MR) is 226 cm³/mol. The third-order valence-electron chi connectivity index (χ3n) is 11.7. The molecule has 5 aromatic rings. The molecule has 0 bridgehead atoms. The number of para-hydroxylation sites is 1. The zero-order chi connectivity index (χ0) is 41.4. The lowest BCUT2D eigenvalue weighted by Gasteiger charge is -2.29. The van der Waals surface area contributed by atoms with Gasteiger partial charge in [-0.05, 0) is 68.4 Å². The Morgan fingerprint density at radius 1 is 0.933 bits per heavy atom. The van der Waals surface area contributed by atoms with E-state index in [0.717, 1.165) is 35.3 Å². The molecule has 60 heavy (non-hydrogen) atoms. The standard InChI is InChI=1S/C44H44FN7O6S2/c45-30-19-17-27(18-20-30)37-25-46-43(59-37)48-35-16-8-3-1-2-7-13-29-24-44(29,42(55)51-60(56,57)32-21-22-32)50-39(53)36-23-31(26-52(36)41(35)54)58-40-33-14-9-10-15-34(33)47-38(49-40)28-11-5-4-6-12-28/h4-7,9-15,17-20,25,29,31-32,35-36H,1-3,8,16,21-24,26H2,(H,46,48)(H,50,53)(H,51,55)/b13-7-/t29-,31+,35-,36-,44-/m0/s1. The molecule has 2 aliphatic heterocycles. The molecule has 3 N–H and O–H groups in total. The molecule has 13 nitrogen and oxygen atoms in total. The van der Waals surface area contributed by atoms with E-state index in [4.69, 9.17) is 14.7 Å². The van der Waals surface area contributed by atoms with Crippen LogP contribution in [-0.2, 0) is 24.4 Å². The molecular formula is C44H44FN7O6S2. The first-order valence-electron chi connectivity index (χ1n) is 20.4. The van der Waals surface area contributed by atoms with Gasteiger partial charge in [-0.15, -0.1) is 0 Å². The van der Waals surface area contributed by atoms with Gasteiger partial charge in [-0.2, -0.15) is 4.98 Å². The van der Waals surface area contributed by atoms with Gasteiger partial charge in [0.05, 0.1) is 27.6 Å². The topological polar surface area (TPSA) is 173 Å². The van der Waals surface area contributed by atoms with E-state index in [1.54, 1.807) is 18.3 Å². The Labute approximate surface area is 350 Å². The summed E-state index contributed by atoms with van der Waals surface area (Å²) in [7, 11) is -3.90. The van der Waals surface area contributed by atoms with Crippen LogP contribution < -0.4 is 20.1 Å². The van der Waals surface area contributed by atoms with Gasteiger partial charge in [-0.25, -0.2) is 22.8 Å². The van der Waals surface area contributed by atoms with E-state index in [1.165, 1.54) is 28.4 Å². The van der Waals surface area contributed by atoms with Crippen LogP contribution >= 0.6 is 11.3 Å². The quantitative estimate of drug-likeness (QED) is 0.141. The summed E-state index contributed by atoms with van der Waals surface area (Å²) in [5.74, 6) is -1.69. The summed E-state index contributed by atoms with van der Waals surface area (Å²) < 4.78 is 48.5. The normalized spacial score (nSPS) is 25.2. The first-order valence-corrected chi connectivity index (χ1v) is 22.7. The van der Waals surface area contributed by atoms with Gasteiger partial charge in [-0.1, -0.05) is 90.9 Å². The van der Waals surface area contributed by atoms with Crippen molar-refractivity contribution in [2.24, 2.45) is 5.92 Å². The molecule has 9 rings (SSSR count). The minimum atomic E-state index is -3.90. The Morgan fingerprint density at radius 3 is 2.52 bits per heavy atom. The summed E-state index contributed by atoms with van der Waals surface area (Å²) in [4.78, 5) is 59.9. The molecular weight excluding hydrogens is 806 g/mol. The van der Waals surface area contributed by atoms with Gasteiger partial charge in [0, 0.05) is 24.1 Å². The fourth-order valence-corrected chi connectivity index (χ4v) is 10.3. The molecule has 2 saturated carbocycles. The molecule has 16 heteroatoms. The number of benzene rings is 3. The Bertz CT molecular complexity index is 2570. The monoisotopic (exact) mass is 849 g/mol. The molecule has 0 unspecified atom stereocenters. The van der Waals surface area contributed by atoms with E-state index in [9.17, 15) is 27.2 Å². The van der Waals surface area contributed by atoms with Crippen LogP contribution in [0.1, 0.15) is 57.8 Å². The molecule has 4 heterocycles. The van der Waals surface area contributed by atoms with Crippen LogP contribution in [0.4, 0.5) is 9.52 Å². The first kappa shape index (κ1) is 39.7. The van der Waals surface area contributed by atoms with Crippen molar-refractivity contribution in [1.29, 1.82) is 0 Å². The Hall–Kier alpha value is -5.74. The second-order valence-electron chi connectivity index (χ2n) is 16.0. The number of nitrogens with zero attached hydrogens (tertiary/aromatic N) is 4. The third-order valence-corrected chi connectivity index (χ3v) is 14.5. The summed E-state index contributed by atoms with van der Waals surface area (Å²) >= 11 is 1.34. The number of sulfonamides is 1. The number of rotatable bonds is 9. The molecule has 310 valence electrons. The number of ether oxygens (including phenoxy) is 1. The van der Waals surface area contributed by atoms with E-state index in [0.29, 0.717) is 53.4 Å². The minimum Gasteiger partial charge on any atom is -0.472 e. The lowest BCUT2D eigenvalue weighted by molar-refractivity contribution is -0.140.